The number of methoxy groups -OCH3 is 1. The van der Waals surface area contributed by atoms with Gasteiger partial charge in [0.2, 0.25) is 0 Å². The zero-order chi connectivity index (χ0) is 13.2. The number of rotatable bonds is 4. The molecule has 3 heteroatoms. The van der Waals surface area contributed by atoms with Gasteiger partial charge in [0.05, 0.1) is 6.10 Å². The second-order valence-electron chi connectivity index (χ2n) is 5.90. The minimum Gasteiger partial charge on any atom is -0.380 e. The summed E-state index contributed by atoms with van der Waals surface area (Å²) in [5.74, 6) is 0. The Bertz CT molecular complexity index is 400. The number of hydrogen-bond acceptors (Lipinski definition) is 3. The lowest BCUT2D eigenvalue weighted by Gasteiger charge is -2.25. The van der Waals surface area contributed by atoms with Crippen LogP contribution in [-0.4, -0.2) is 55.7 Å². The Kier molecular flexibility index (Phi) is 3.94. The zero-order valence-electron chi connectivity index (χ0n) is 12.3. The van der Waals surface area contributed by atoms with Gasteiger partial charge in [-0.1, -0.05) is 6.08 Å². The van der Waals surface area contributed by atoms with Crippen molar-refractivity contribution in [2.24, 2.45) is 0 Å². The first-order valence-electron chi connectivity index (χ1n) is 7.73. The number of ether oxygens (including phenoxy) is 1. The molecule has 0 unspecified atom stereocenters. The van der Waals surface area contributed by atoms with Crippen LogP contribution in [0.25, 0.3) is 0 Å². The Morgan fingerprint density at radius 3 is 2.95 bits per heavy atom. The van der Waals surface area contributed by atoms with Crippen LogP contribution in [0.3, 0.4) is 0 Å². The fourth-order valence-electron chi connectivity index (χ4n) is 3.76. The highest BCUT2D eigenvalue weighted by molar-refractivity contribution is 5.41. The molecular formula is C16H26N2O. The van der Waals surface area contributed by atoms with E-state index < -0.39 is 0 Å². The largest absolute Gasteiger partial charge is 0.380 e. The van der Waals surface area contributed by atoms with Crippen molar-refractivity contribution in [1.29, 1.82) is 0 Å². The van der Waals surface area contributed by atoms with Crippen LogP contribution in [0, 0.1) is 0 Å². The van der Waals surface area contributed by atoms with Crippen molar-refractivity contribution >= 4 is 0 Å². The van der Waals surface area contributed by atoms with Crippen molar-refractivity contribution in [2.75, 3.05) is 39.8 Å². The van der Waals surface area contributed by atoms with Gasteiger partial charge >= 0.3 is 0 Å². The molecule has 2 heterocycles. The molecule has 19 heavy (non-hydrogen) atoms. The van der Waals surface area contributed by atoms with E-state index in [0.717, 1.165) is 13.1 Å². The second kappa shape index (κ2) is 5.68. The number of hydrogen-bond donors (Lipinski definition) is 0. The molecule has 106 valence electrons. The van der Waals surface area contributed by atoms with Crippen molar-refractivity contribution in [3.8, 4) is 0 Å². The molecular weight excluding hydrogens is 236 g/mol. The lowest BCUT2D eigenvalue weighted by molar-refractivity contribution is 0.109. The predicted octanol–water partition coefficient (Wildman–Crippen LogP) is 2.41. The van der Waals surface area contributed by atoms with E-state index in [2.05, 4.69) is 22.8 Å². The Balaban J connectivity index is 1.67. The van der Waals surface area contributed by atoms with Gasteiger partial charge < -0.3 is 9.64 Å². The maximum absolute atomic E-state index is 5.47. The number of likely N-dealkylation sites (tertiary alicyclic amines) is 1. The van der Waals surface area contributed by atoms with E-state index in [1.165, 1.54) is 45.3 Å². The van der Waals surface area contributed by atoms with Crippen molar-refractivity contribution in [3.63, 3.8) is 0 Å². The molecule has 1 atom stereocenters. The molecule has 3 rings (SSSR count). The molecule has 1 aliphatic carbocycles. The summed E-state index contributed by atoms with van der Waals surface area (Å²) < 4.78 is 5.47. The molecule has 1 fully saturated rings. The van der Waals surface area contributed by atoms with E-state index in [0.29, 0.717) is 6.10 Å². The summed E-state index contributed by atoms with van der Waals surface area (Å²) in [5, 5.41) is 0. The SMILES string of the molecule is CCN1CCC2=C1CCC=C2CN1CC[C@H](OC)C1. The van der Waals surface area contributed by atoms with E-state index in [9.17, 15) is 0 Å². The third kappa shape index (κ3) is 2.59. The lowest BCUT2D eigenvalue weighted by atomic mass is 9.94. The van der Waals surface area contributed by atoms with Crippen LogP contribution in [0.2, 0.25) is 0 Å². The molecule has 0 aromatic rings. The molecule has 0 spiro atoms. The van der Waals surface area contributed by atoms with Gasteiger partial charge in [0, 0.05) is 45.5 Å². The summed E-state index contributed by atoms with van der Waals surface area (Å²) in [5.41, 5.74) is 4.91. The third-order valence-corrected chi connectivity index (χ3v) is 4.86. The maximum Gasteiger partial charge on any atom is 0.0710 e. The Hall–Kier alpha value is -0.800. The van der Waals surface area contributed by atoms with E-state index >= 15 is 0 Å². The van der Waals surface area contributed by atoms with Gasteiger partial charge in [-0.2, -0.15) is 0 Å². The molecule has 3 aliphatic rings. The van der Waals surface area contributed by atoms with Gasteiger partial charge in [-0.25, -0.2) is 0 Å². The Morgan fingerprint density at radius 2 is 2.21 bits per heavy atom. The van der Waals surface area contributed by atoms with Gasteiger partial charge in [-0.05, 0) is 43.8 Å². The standard InChI is InChI=1S/C16H26N2O/c1-3-18-10-8-15-13(5-4-6-16(15)18)11-17-9-7-14(12-17)19-2/h5,14H,3-4,6-12H2,1-2H3/t14-/m0/s1. The van der Waals surface area contributed by atoms with Gasteiger partial charge in [0.1, 0.15) is 0 Å². The zero-order valence-corrected chi connectivity index (χ0v) is 12.3. The minimum atomic E-state index is 0.452. The normalized spacial score (nSPS) is 28.0. The third-order valence-electron chi connectivity index (χ3n) is 4.86. The highest BCUT2D eigenvalue weighted by Crippen LogP contribution is 2.35. The highest BCUT2D eigenvalue weighted by Gasteiger charge is 2.28. The molecule has 0 aromatic heterocycles. The summed E-state index contributed by atoms with van der Waals surface area (Å²) in [6.07, 6.45) is 7.87. The molecule has 0 N–H and O–H groups in total. The highest BCUT2D eigenvalue weighted by atomic mass is 16.5. The van der Waals surface area contributed by atoms with Crippen LogP contribution in [0.5, 0.6) is 0 Å². The summed E-state index contributed by atoms with van der Waals surface area (Å²) in [6.45, 7) is 8.11. The summed E-state index contributed by atoms with van der Waals surface area (Å²) in [4.78, 5) is 5.13. The van der Waals surface area contributed by atoms with Crippen molar-refractivity contribution in [3.05, 3.63) is 22.9 Å². The Labute approximate surface area is 116 Å². The second-order valence-corrected chi connectivity index (χ2v) is 5.90. The van der Waals surface area contributed by atoms with Gasteiger partial charge in [0.15, 0.2) is 0 Å². The van der Waals surface area contributed by atoms with E-state index in [1.54, 1.807) is 16.8 Å². The maximum atomic E-state index is 5.47. The van der Waals surface area contributed by atoms with Crippen molar-refractivity contribution in [2.45, 2.75) is 38.7 Å². The first kappa shape index (κ1) is 13.2. The van der Waals surface area contributed by atoms with Gasteiger partial charge in [-0.3, -0.25) is 4.90 Å². The fourth-order valence-corrected chi connectivity index (χ4v) is 3.76. The quantitative estimate of drug-likeness (QED) is 0.774. The molecule has 0 radical (unpaired) electrons. The van der Waals surface area contributed by atoms with Gasteiger partial charge in [0.25, 0.3) is 0 Å². The van der Waals surface area contributed by atoms with Crippen LogP contribution >= 0.6 is 0 Å². The first-order chi connectivity index (χ1) is 9.31. The molecule has 1 saturated heterocycles. The Morgan fingerprint density at radius 1 is 1.32 bits per heavy atom. The smallest absolute Gasteiger partial charge is 0.0710 e. The van der Waals surface area contributed by atoms with Crippen molar-refractivity contribution < 1.29 is 4.74 Å². The summed E-state index contributed by atoms with van der Waals surface area (Å²) >= 11 is 0. The van der Waals surface area contributed by atoms with Crippen LogP contribution in [0.4, 0.5) is 0 Å². The molecule has 3 nitrogen and oxygen atoms in total. The predicted molar refractivity (Wildman–Crippen MR) is 78.1 cm³/mol. The van der Waals surface area contributed by atoms with Crippen molar-refractivity contribution in [1.82, 2.24) is 9.80 Å². The molecule has 0 bridgehead atoms. The fraction of sp³-hybridized carbons (Fsp3) is 0.750. The van der Waals surface area contributed by atoms with E-state index in [1.807, 2.05) is 7.11 Å². The van der Waals surface area contributed by atoms with Crippen LogP contribution < -0.4 is 0 Å². The van der Waals surface area contributed by atoms with Gasteiger partial charge in [-0.15, -0.1) is 0 Å². The summed E-state index contributed by atoms with van der Waals surface area (Å²) in [7, 11) is 1.84. The molecule has 0 saturated carbocycles. The molecule has 0 amide bonds. The first-order valence-corrected chi connectivity index (χ1v) is 7.73. The minimum absolute atomic E-state index is 0.452. The average molecular weight is 262 g/mol. The van der Waals surface area contributed by atoms with E-state index in [4.69, 9.17) is 4.74 Å². The molecule has 2 aliphatic heterocycles. The molecule has 0 aromatic carbocycles. The van der Waals surface area contributed by atoms with Crippen LogP contribution in [0.15, 0.2) is 22.9 Å². The lowest BCUT2D eigenvalue weighted by Crippen LogP contribution is -2.26. The number of nitrogens with zero attached hydrogens (tertiary/aromatic N) is 2. The van der Waals surface area contributed by atoms with Crippen LogP contribution in [0.1, 0.15) is 32.6 Å². The average Bonchev–Trinajstić information content (AvgIpc) is 3.05. The number of allylic oxidation sites excluding steroid dienone is 2. The monoisotopic (exact) mass is 262 g/mol. The summed E-state index contributed by atoms with van der Waals surface area (Å²) in [6, 6.07) is 0. The van der Waals surface area contributed by atoms with Crippen LogP contribution in [-0.2, 0) is 4.74 Å². The topological polar surface area (TPSA) is 15.7 Å². The van der Waals surface area contributed by atoms with E-state index in [-0.39, 0.29) is 0 Å².